The maximum Gasteiger partial charge on any atom is 0.215 e. The van der Waals surface area contributed by atoms with Gasteiger partial charge in [0.2, 0.25) is 10.0 Å². The third kappa shape index (κ3) is 5.24. The molecule has 0 amide bonds. The number of aromatic nitrogens is 1. The molecule has 0 atom stereocenters. The van der Waals surface area contributed by atoms with Crippen LogP contribution in [-0.2, 0) is 15.8 Å². The molecular formula is C18H22FN3O2S. The number of piperidine rings is 1. The molecule has 5 nitrogen and oxygen atoms in total. The first-order valence-corrected chi connectivity index (χ1v) is 10.0. The van der Waals surface area contributed by atoms with Crippen LogP contribution in [0.1, 0.15) is 18.4 Å². The van der Waals surface area contributed by atoms with E-state index in [1.54, 1.807) is 12.3 Å². The summed E-state index contributed by atoms with van der Waals surface area (Å²) in [6, 6.07) is 11.5. The summed E-state index contributed by atoms with van der Waals surface area (Å²) in [6.07, 6.45) is 3.61. The van der Waals surface area contributed by atoms with E-state index in [1.165, 1.54) is 18.2 Å². The van der Waals surface area contributed by atoms with Crippen molar-refractivity contribution in [2.24, 2.45) is 5.92 Å². The monoisotopic (exact) mass is 363 g/mol. The number of halogens is 1. The van der Waals surface area contributed by atoms with E-state index in [2.05, 4.69) is 14.6 Å². The highest BCUT2D eigenvalue weighted by Crippen LogP contribution is 2.21. The molecule has 0 spiro atoms. The van der Waals surface area contributed by atoms with E-state index in [-0.39, 0.29) is 5.75 Å². The van der Waals surface area contributed by atoms with Gasteiger partial charge in [0, 0.05) is 25.8 Å². The van der Waals surface area contributed by atoms with Gasteiger partial charge >= 0.3 is 0 Å². The van der Waals surface area contributed by atoms with Crippen molar-refractivity contribution in [1.29, 1.82) is 0 Å². The van der Waals surface area contributed by atoms with Crippen molar-refractivity contribution in [3.05, 3.63) is 60.0 Å². The van der Waals surface area contributed by atoms with Gasteiger partial charge in [0.05, 0.1) is 5.75 Å². The van der Waals surface area contributed by atoms with Crippen LogP contribution in [0.25, 0.3) is 0 Å². The molecule has 0 aliphatic carbocycles. The van der Waals surface area contributed by atoms with Crippen LogP contribution in [-0.4, -0.2) is 33.0 Å². The van der Waals surface area contributed by atoms with Crippen molar-refractivity contribution >= 4 is 15.8 Å². The van der Waals surface area contributed by atoms with Crippen LogP contribution in [0, 0.1) is 11.7 Å². The van der Waals surface area contributed by atoms with Gasteiger partial charge in [0.1, 0.15) is 11.6 Å². The lowest BCUT2D eigenvalue weighted by Crippen LogP contribution is -2.39. The Morgan fingerprint density at radius 3 is 2.64 bits per heavy atom. The molecular weight excluding hydrogens is 341 g/mol. The largest absolute Gasteiger partial charge is 0.357 e. The average Bonchev–Trinajstić information content (AvgIpc) is 2.61. The molecule has 0 unspecified atom stereocenters. The van der Waals surface area contributed by atoms with Gasteiger partial charge in [-0.05, 0) is 48.6 Å². The Kier molecular flexibility index (Phi) is 5.65. The number of benzene rings is 1. The number of sulfonamides is 1. The van der Waals surface area contributed by atoms with Crippen molar-refractivity contribution < 1.29 is 12.8 Å². The zero-order valence-electron chi connectivity index (χ0n) is 13.9. The predicted molar refractivity (Wildman–Crippen MR) is 96.2 cm³/mol. The minimum atomic E-state index is -3.46. The second-order valence-corrected chi connectivity index (χ2v) is 8.16. The van der Waals surface area contributed by atoms with Gasteiger partial charge in [-0.15, -0.1) is 0 Å². The van der Waals surface area contributed by atoms with Crippen LogP contribution in [0.5, 0.6) is 0 Å². The topological polar surface area (TPSA) is 62.3 Å². The number of pyridine rings is 1. The lowest BCUT2D eigenvalue weighted by atomic mass is 9.97. The van der Waals surface area contributed by atoms with E-state index in [0.29, 0.717) is 18.0 Å². The van der Waals surface area contributed by atoms with Crippen LogP contribution in [0.2, 0.25) is 0 Å². The summed E-state index contributed by atoms with van der Waals surface area (Å²) < 4.78 is 40.2. The molecule has 0 bridgehead atoms. The highest BCUT2D eigenvalue weighted by molar-refractivity contribution is 7.88. The SMILES string of the molecule is O=S(=O)(Cc1cccc(F)c1)NCC1CCN(c2ccccn2)CC1. The van der Waals surface area contributed by atoms with Gasteiger partial charge in [0.15, 0.2) is 0 Å². The number of nitrogens with one attached hydrogen (secondary N) is 1. The zero-order chi connectivity index (χ0) is 17.7. The Balaban J connectivity index is 1.47. The van der Waals surface area contributed by atoms with Crippen molar-refractivity contribution in [3.8, 4) is 0 Å². The lowest BCUT2D eigenvalue weighted by molar-refractivity contribution is 0.400. The third-order valence-electron chi connectivity index (χ3n) is 4.43. The van der Waals surface area contributed by atoms with Gasteiger partial charge in [-0.25, -0.2) is 22.5 Å². The van der Waals surface area contributed by atoms with E-state index >= 15 is 0 Å². The van der Waals surface area contributed by atoms with E-state index in [1.807, 2.05) is 18.2 Å². The first-order chi connectivity index (χ1) is 12.0. The highest BCUT2D eigenvalue weighted by atomic mass is 32.2. The molecule has 3 rings (SSSR count). The van der Waals surface area contributed by atoms with Crippen LogP contribution in [0.15, 0.2) is 48.7 Å². The maximum absolute atomic E-state index is 13.2. The summed E-state index contributed by atoms with van der Waals surface area (Å²) in [6.45, 7) is 2.16. The third-order valence-corrected chi connectivity index (χ3v) is 5.75. The van der Waals surface area contributed by atoms with E-state index in [9.17, 15) is 12.8 Å². The van der Waals surface area contributed by atoms with Gasteiger partial charge < -0.3 is 4.90 Å². The molecule has 1 fully saturated rings. The summed E-state index contributed by atoms with van der Waals surface area (Å²) in [7, 11) is -3.46. The van der Waals surface area contributed by atoms with E-state index in [0.717, 1.165) is 31.7 Å². The molecule has 1 saturated heterocycles. The van der Waals surface area contributed by atoms with Crippen LogP contribution in [0.4, 0.5) is 10.2 Å². The van der Waals surface area contributed by atoms with Crippen LogP contribution in [0.3, 0.4) is 0 Å². The zero-order valence-corrected chi connectivity index (χ0v) is 14.8. The first kappa shape index (κ1) is 17.8. The molecule has 2 aromatic rings. The van der Waals surface area contributed by atoms with Gasteiger partial charge in [-0.1, -0.05) is 18.2 Å². The summed E-state index contributed by atoms with van der Waals surface area (Å²) in [5.74, 6) is 0.654. The number of hydrogen-bond acceptors (Lipinski definition) is 4. The number of hydrogen-bond donors (Lipinski definition) is 1. The standard InChI is InChI=1S/C18H22FN3O2S/c19-17-5-3-4-16(12-17)14-25(23,24)21-13-15-7-10-22(11-8-15)18-6-1-2-9-20-18/h1-6,9,12,15,21H,7-8,10-11,13-14H2. The van der Waals surface area contributed by atoms with Crippen molar-refractivity contribution in [3.63, 3.8) is 0 Å². The molecule has 7 heteroatoms. The summed E-state index contributed by atoms with van der Waals surface area (Å²) in [4.78, 5) is 6.57. The van der Waals surface area contributed by atoms with Crippen LogP contribution >= 0.6 is 0 Å². The van der Waals surface area contributed by atoms with Crippen LogP contribution < -0.4 is 9.62 Å². The molecule has 1 aromatic heterocycles. The van der Waals surface area contributed by atoms with Gasteiger partial charge in [-0.3, -0.25) is 0 Å². The fourth-order valence-corrected chi connectivity index (χ4v) is 4.26. The number of rotatable bonds is 6. The summed E-state index contributed by atoms with van der Waals surface area (Å²) >= 11 is 0. The molecule has 1 aromatic carbocycles. The Hall–Kier alpha value is -1.99. The lowest BCUT2D eigenvalue weighted by Gasteiger charge is -2.32. The molecule has 0 radical (unpaired) electrons. The highest BCUT2D eigenvalue weighted by Gasteiger charge is 2.22. The average molecular weight is 363 g/mol. The Bertz CT molecular complexity index is 791. The molecule has 1 aliphatic heterocycles. The molecule has 25 heavy (non-hydrogen) atoms. The number of anilines is 1. The van der Waals surface area contributed by atoms with Gasteiger partial charge in [-0.2, -0.15) is 0 Å². The fourth-order valence-electron chi connectivity index (χ4n) is 3.05. The van der Waals surface area contributed by atoms with Crippen molar-refractivity contribution in [1.82, 2.24) is 9.71 Å². The van der Waals surface area contributed by atoms with E-state index in [4.69, 9.17) is 0 Å². The van der Waals surface area contributed by atoms with Gasteiger partial charge in [0.25, 0.3) is 0 Å². The smallest absolute Gasteiger partial charge is 0.215 e. The Morgan fingerprint density at radius 1 is 1.16 bits per heavy atom. The summed E-state index contributed by atoms with van der Waals surface area (Å²) in [5, 5.41) is 0. The van der Waals surface area contributed by atoms with Crippen molar-refractivity contribution in [2.75, 3.05) is 24.5 Å². The quantitative estimate of drug-likeness (QED) is 0.857. The normalized spacial score (nSPS) is 16.1. The first-order valence-electron chi connectivity index (χ1n) is 8.39. The predicted octanol–water partition coefficient (Wildman–Crippen LogP) is 2.56. The minimum Gasteiger partial charge on any atom is -0.357 e. The van der Waals surface area contributed by atoms with E-state index < -0.39 is 15.8 Å². The second kappa shape index (κ2) is 7.93. The molecule has 0 saturated carbocycles. The molecule has 2 heterocycles. The van der Waals surface area contributed by atoms with Crippen molar-refractivity contribution in [2.45, 2.75) is 18.6 Å². The fraction of sp³-hybridized carbons (Fsp3) is 0.389. The molecule has 1 N–H and O–H groups in total. The summed E-state index contributed by atoms with van der Waals surface area (Å²) in [5.41, 5.74) is 0.456. The Morgan fingerprint density at radius 2 is 1.96 bits per heavy atom. The minimum absolute atomic E-state index is 0.197. The second-order valence-electron chi connectivity index (χ2n) is 6.36. The molecule has 1 aliphatic rings. The number of nitrogens with zero attached hydrogens (tertiary/aromatic N) is 2. The Labute approximate surface area is 147 Å². The maximum atomic E-state index is 13.2. The molecule has 134 valence electrons.